The van der Waals surface area contributed by atoms with Gasteiger partial charge in [-0.2, -0.15) is 0 Å². The zero-order valence-electron chi connectivity index (χ0n) is 10.2. The highest BCUT2D eigenvalue weighted by Gasteiger charge is 2.20. The molecule has 5 nitrogen and oxygen atoms in total. The highest BCUT2D eigenvalue weighted by atomic mass is 32.2. The molecule has 0 radical (unpaired) electrons. The van der Waals surface area contributed by atoms with Crippen LogP contribution in [-0.4, -0.2) is 35.4 Å². The van der Waals surface area contributed by atoms with Gasteiger partial charge in [0.2, 0.25) is 0 Å². The molecule has 0 aliphatic heterocycles. The Morgan fingerprint density at radius 3 is 2.44 bits per heavy atom. The maximum absolute atomic E-state index is 11.3. The Labute approximate surface area is 100 Å². The van der Waals surface area contributed by atoms with Crippen LogP contribution in [-0.2, 0) is 9.53 Å². The molecule has 6 heteroatoms. The largest absolute Gasteiger partial charge is 0.444 e. The van der Waals surface area contributed by atoms with Crippen molar-refractivity contribution in [1.82, 2.24) is 5.32 Å². The minimum Gasteiger partial charge on any atom is -0.444 e. The summed E-state index contributed by atoms with van der Waals surface area (Å²) >= 11 is 1.32. The van der Waals surface area contributed by atoms with Gasteiger partial charge in [-0.05, 0) is 34.0 Å². The number of nitrogens with one attached hydrogen (secondary N) is 1. The van der Waals surface area contributed by atoms with Gasteiger partial charge in [0.1, 0.15) is 11.6 Å². The molecule has 0 aliphatic carbocycles. The lowest BCUT2D eigenvalue weighted by Gasteiger charge is -2.20. The van der Waals surface area contributed by atoms with Gasteiger partial charge in [0.15, 0.2) is 0 Å². The summed E-state index contributed by atoms with van der Waals surface area (Å²) in [6, 6.07) is -0.682. The fraction of sp³-hybridized carbons (Fsp3) is 0.700. The molecule has 0 aliphatic rings. The van der Waals surface area contributed by atoms with Gasteiger partial charge in [-0.1, -0.05) is 0 Å². The third-order valence-corrected chi connectivity index (χ3v) is 1.71. The van der Waals surface area contributed by atoms with E-state index in [0.717, 1.165) is 0 Å². The topological polar surface area (TPSA) is 67.8 Å². The highest BCUT2D eigenvalue weighted by Crippen LogP contribution is 2.06. The van der Waals surface area contributed by atoms with E-state index in [9.17, 15) is 9.59 Å². The van der Waals surface area contributed by atoms with Gasteiger partial charge in [-0.25, -0.2) is 9.79 Å². The highest BCUT2D eigenvalue weighted by molar-refractivity contribution is 8.11. The van der Waals surface area contributed by atoms with Crippen LogP contribution in [0.3, 0.4) is 0 Å². The van der Waals surface area contributed by atoms with Crippen LogP contribution >= 0.6 is 11.8 Å². The number of amides is 2. The molecule has 0 aromatic carbocycles. The molecule has 0 saturated heterocycles. The second-order valence-corrected chi connectivity index (χ2v) is 4.86. The van der Waals surface area contributed by atoms with E-state index in [1.165, 1.54) is 17.3 Å². The van der Waals surface area contributed by atoms with Gasteiger partial charge in [-0.3, -0.25) is 4.79 Å². The van der Waals surface area contributed by atoms with Crippen LogP contribution in [0.5, 0.6) is 0 Å². The van der Waals surface area contributed by atoms with Crippen molar-refractivity contribution >= 4 is 29.3 Å². The summed E-state index contributed by atoms with van der Waals surface area (Å²) < 4.78 is 5.00. The second-order valence-electron chi connectivity index (χ2n) is 4.18. The standard InChI is InChI=1S/C10H18N2O3S/c1-7(8(13)11-6-16-5)12-9(14)15-10(2,3)4/h6-7H,1-5H3,(H,12,14)/t7-/m0/s1. The molecule has 1 N–H and O–H groups in total. The number of carbonyl (C=O) groups excluding carboxylic acids is 2. The second kappa shape index (κ2) is 6.52. The Bertz CT molecular complexity index is 284. The summed E-state index contributed by atoms with van der Waals surface area (Å²) in [6.45, 7) is 6.82. The van der Waals surface area contributed by atoms with E-state index in [-0.39, 0.29) is 0 Å². The van der Waals surface area contributed by atoms with Crippen molar-refractivity contribution in [1.29, 1.82) is 0 Å². The summed E-state index contributed by atoms with van der Waals surface area (Å²) in [6.07, 6.45) is 1.18. The van der Waals surface area contributed by atoms with E-state index in [1.54, 1.807) is 34.0 Å². The number of thioether (sulfide) groups is 1. The number of carbonyl (C=O) groups is 2. The lowest BCUT2D eigenvalue weighted by atomic mass is 10.2. The van der Waals surface area contributed by atoms with E-state index in [4.69, 9.17) is 4.74 Å². The Kier molecular flexibility index (Phi) is 6.10. The number of ether oxygens (including phenoxy) is 1. The molecule has 0 saturated carbocycles. The molecule has 0 fully saturated rings. The fourth-order valence-corrected chi connectivity index (χ4v) is 0.972. The third kappa shape index (κ3) is 7.28. The Morgan fingerprint density at radius 2 is 2.00 bits per heavy atom. The van der Waals surface area contributed by atoms with Crippen LogP contribution in [0, 0.1) is 0 Å². The normalized spacial score (nSPS) is 13.6. The molecule has 0 heterocycles. The quantitative estimate of drug-likeness (QED) is 0.609. The fourth-order valence-electron chi connectivity index (χ4n) is 0.763. The molecule has 0 unspecified atom stereocenters. The molecule has 0 spiro atoms. The molecular weight excluding hydrogens is 228 g/mol. The zero-order valence-corrected chi connectivity index (χ0v) is 11.1. The van der Waals surface area contributed by atoms with E-state index in [0.29, 0.717) is 0 Å². The maximum Gasteiger partial charge on any atom is 0.408 e. The SMILES string of the molecule is CSC=NC(=O)[C@H](C)NC(=O)OC(C)(C)C. The number of aliphatic imine (C=N–C) groups is 1. The van der Waals surface area contributed by atoms with Gasteiger partial charge < -0.3 is 10.1 Å². The van der Waals surface area contributed by atoms with Crippen LogP contribution in [0.2, 0.25) is 0 Å². The molecule has 92 valence electrons. The van der Waals surface area contributed by atoms with E-state index >= 15 is 0 Å². The van der Waals surface area contributed by atoms with E-state index < -0.39 is 23.6 Å². The van der Waals surface area contributed by atoms with Crippen molar-refractivity contribution in [3.63, 3.8) is 0 Å². The van der Waals surface area contributed by atoms with E-state index in [2.05, 4.69) is 10.3 Å². The van der Waals surface area contributed by atoms with Gasteiger partial charge in [-0.15, -0.1) is 11.8 Å². The lowest BCUT2D eigenvalue weighted by molar-refractivity contribution is -0.119. The number of nitrogens with zero attached hydrogens (tertiary/aromatic N) is 1. The van der Waals surface area contributed by atoms with E-state index in [1.807, 2.05) is 0 Å². The smallest absolute Gasteiger partial charge is 0.408 e. The summed E-state index contributed by atoms with van der Waals surface area (Å²) in [5.41, 5.74) is 0.852. The van der Waals surface area contributed by atoms with Gasteiger partial charge in [0.05, 0.1) is 5.55 Å². The van der Waals surface area contributed by atoms with Crippen molar-refractivity contribution in [3.05, 3.63) is 0 Å². The molecule has 0 aromatic heterocycles. The minimum atomic E-state index is -0.682. The van der Waals surface area contributed by atoms with Gasteiger partial charge in [0.25, 0.3) is 5.91 Å². The summed E-state index contributed by atoms with van der Waals surface area (Å²) in [5.74, 6) is -0.403. The first-order chi connectivity index (χ1) is 7.26. The first-order valence-corrected chi connectivity index (χ1v) is 6.13. The monoisotopic (exact) mass is 246 g/mol. The molecule has 2 amide bonds. The molecule has 0 aromatic rings. The van der Waals surface area contributed by atoms with Crippen molar-refractivity contribution in [3.8, 4) is 0 Å². The van der Waals surface area contributed by atoms with Crippen LogP contribution in [0.4, 0.5) is 4.79 Å². The predicted octanol–water partition coefficient (Wildman–Crippen LogP) is 1.82. The predicted molar refractivity (Wildman–Crippen MR) is 65.8 cm³/mol. The van der Waals surface area contributed by atoms with Crippen LogP contribution in [0.1, 0.15) is 27.7 Å². The first-order valence-electron chi connectivity index (χ1n) is 4.85. The van der Waals surface area contributed by atoms with Crippen molar-refractivity contribution < 1.29 is 14.3 Å². The Morgan fingerprint density at radius 1 is 1.44 bits per heavy atom. The number of hydrogen-bond donors (Lipinski definition) is 1. The Balaban J connectivity index is 4.14. The average molecular weight is 246 g/mol. The van der Waals surface area contributed by atoms with Crippen LogP contribution in [0.25, 0.3) is 0 Å². The van der Waals surface area contributed by atoms with Gasteiger partial charge in [0, 0.05) is 0 Å². The first kappa shape index (κ1) is 15.0. The molecule has 16 heavy (non-hydrogen) atoms. The van der Waals surface area contributed by atoms with Gasteiger partial charge >= 0.3 is 6.09 Å². The zero-order chi connectivity index (χ0) is 12.8. The van der Waals surface area contributed by atoms with Crippen LogP contribution < -0.4 is 5.32 Å². The number of rotatable bonds is 3. The molecule has 0 bridgehead atoms. The van der Waals surface area contributed by atoms with Crippen molar-refractivity contribution in [2.24, 2.45) is 4.99 Å². The lowest BCUT2D eigenvalue weighted by Crippen LogP contribution is -2.41. The third-order valence-electron chi connectivity index (χ3n) is 1.39. The molecular formula is C10H18N2O3S. The number of alkyl carbamates (subject to hydrolysis) is 1. The minimum absolute atomic E-state index is 0.403. The maximum atomic E-state index is 11.3. The number of hydrogen-bond acceptors (Lipinski definition) is 4. The Hall–Kier alpha value is -1.04. The summed E-state index contributed by atoms with van der Waals surface area (Å²) in [5, 5.41) is 2.41. The average Bonchev–Trinajstić information content (AvgIpc) is 2.10. The van der Waals surface area contributed by atoms with Crippen LogP contribution in [0.15, 0.2) is 4.99 Å². The van der Waals surface area contributed by atoms with Crippen molar-refractivity contribution in [2.45, 2.75) is 39.3 Å². The molecule has 0 rings (SSSR count). The van der Waals surface area contributed by atoms with Crippen molar-refractivity contribution in [2.75, 3.05) is 6.26 Å². The summed E-state index contributed by atoms with van der Waals surface area (Å²) in [7, 11) is 0. The molecule has 1 atom stereocenters. The summed E-state index contributed by atoms with van der Waals surface area (Å²) in [4.78, 5) is 26.2.